The van der Waals surface area contributed by atoms with Crippen molar-refractivity contribution in [2.45, 2.75) is 76.8 Å². The zero-order chi connectivity index (χ0) is 21.8. The number of fused-ring (bicyclic) bond motifs is 1. The van der Waals surface area contributed by atoms with Gasteiger partial charge < -0.3 is 15.2 Å². The van der Waals surface area contributed by atoms with Gasteiger partial charge in [0.1, 0.15) is 5.82 Å². The molecule has 1 aliphatic carbocycles. The highest BCUT2D eigenvalue weighted by molar-refractivity contribution is 6.30. The summed E-state index contributed by atoms with van der Waals surface area (Å²) in [5.41, 5.74) is 2.12. The number of hydrogen-bond acceptors (Lipinski definition) is 3. The zero-order valence-electron chi connectivity index (χ0n) is 18.1. The van der Waals surface area contributed by atoms with Crippen LogP contribution in [-0.4, -0.2) is 33.5 Å². The number of aromatic nitrogens is 2. The largest absolute Gasteiger partial charge is 0.335 e. The Kier molecular flexibility index (Phi) is 6.96. The van der Waals surface area contributed by atoms with Gasteiger partial charge in [0.05, 0.1) is 17.8 Å². The quantitative estimate of drug-likeness (QED) is 0.666. The Labute approximate surface area is 188 Å². The number of rotatable bonds is 5. The van der Waals surface area contributed by atoms with E-state index in [2.05, 4.69) is 17.2 Å². The Balaban J connectivity index is 1.61. The molecule has 1 saturated carbocycles. The standard InChI is InChI=1S/C24H31ClN4O2/c1-2-3-7-17-14-29(24(31)26-19-8-5-4-6-9-19)15-20-21(17)27-22(28-23(20)30)16-10-12-18(25)13-11-16/h10-13,17,19H,2-9,14-15H2,1H3,(H,26,31)(H,27,28,30). The molecule has 1 atom stereocenters. The molecule has 1 fully saturated rings. The molecule has 1 aliphatic heterocycles. The Bertz CT molecular complexity index is 967. The molecule has 2 aromatic rings. The third kappa shape index (κ3) is 5.12. The average Bonchev–Trinajstić information content (AvgIpc) is 2.78. The van der Waals surface area contributed by atoms with Crippen molar-refractivity contribution in [3.63, 3.8) is 0 Å². The third-order valence-corrected chi connectivity index (χ3v) is 6.72. The van der Waals surface area contributed by atoms with Crippen LogP contribution < -0.4 is 10.9 Å². The zero-order valence-corrected chi connectivity index (χ0v) is 18.9. The van der Waals surface area contributed by atoms with Crippen LogP contribution in [0.15, 0.2) is 29.1 Å². The van der Waals surface area contributed by atoms with Gasteiger partial charge in [-0.25, -0.2) is 9.78 Å². The molecule has 0 spiro atoms. The third-order valence-electron chi connectivity index (χ3n) is 6.47. The summed E-state index contributed by atoms with van der Waals surface area (Å²) >= 11 is 6.01. The van der Waals surface area contributed by atoms with Gasteiger partial charge in [-0.3, -0.25) is 4.79 Å². The van der Waals surface area contributed by atoms with E-state index in [1.54, 1.807) is 17.0 Å². The van der Waals surface area contributed by atoms with Gasteiger partial charge in [0.15, 0.2) is 0 Å². The lowest BCUT2D eigenvalue weighted by Crippen LogP contribution is -2.49. The van der Waals surface area contributed by atoms with E-state index < -0.39 is 0 Å². The van der Waals surface area contributed by atoms with Crippen LogP contribution in [0.25, 0.3) is 11.4 Å². The second kappa shape index (κ2) is 9.86. The lowest BCUT2D eigenvalue weighted by molar-refractivity contribution is 0.176. The minimum Gasteiger partial charge on any atom is -0.335 e. The minimum atomic E-state index is -0.161. The first kappa shape index (κ1) is 21.9. The van der Waals surface area contributed by atoms with Gasteiger partial charge in [-0.05, 0) is 43.5 Å². The van der Waals surface area contributed by atoms with E-state index in [0.717, 1.165) is 43.4 Å². The van der Waals surface area contributed by atoms with E-state index >= 15 is 0 Å². The summed E-state index contributed by atoms with van der Waals surface area (Å²) in [5.74, 6) is 0.621. The monoisotopic (exact) mass is 442 g/mol. The maximum absolute atomic E-state index is 13.0. The van der Waals surface area contributed by atoms with Gasteiger partial charge in [0.2, 0.25) is 0 Å². The fourth-order valence-electron chi connectivity index (χ4n) is 4.70. The molecular formula is C24H31ClN4O2. The van der Waals surface area contributed by atoms with E-state index in [1.165, 1.54) is 19.3 Å². The molecule has 7 heteroatoms. The number of carbonyl (C=O) groups excluding carboxylic acids is 1. The number of nitrogens with one attached hydrogen (secondary N) is 2. The molecule has 6 nitrogen and oxygen atoms in total. The fraction of sp³-hybridized carbons (Fsp3) is 0.542. The second-order valence-corrected chi connectivity index (χ2v) is 9.23. The first-order valence-electron chi connectivity index (χ1n) is 11.5. The summed E-state index contributed by atoms with van der Waals surface area (Å²) in [4.78, 5) is 35.6. The van der Waals surface area contributed by atoms with E-state index in [1.807, 2.05) is 12.1 Å². The minimum absolute atomic E-state index is 0.0553. The van der Waals surface area contributed by atoms with Crippen LogP contribution in [0.4, 0.5) is 4.79 Å². The summed E-state index contributed by atoms with van der Waals surface area (Å²) in [5, 5.41) is 3.84. The number of urea groups is 1. The predicted octanol–water partition coefficient (Wildman–Crippen LogP) is 5.22. The molecule has 1 aromatic heterocycles. The highest BCUT2D eigenvalue weighted by Gasteiger charge is 2.32. The van der Waals surface area contributed by atoms with Gasteiger partial charge in [-0.2, -0.15) is 0 Å². The van der Waals surface area contributed by atoms with Crippen LogP contribution >= 0.6 is 11.6 Å². The second-order valence-electron chi connectivity index (χ2n) is 8.79. The lowest BCUT2D eigenvalue weighted by atomic mass is 9.90. The number of unbranched alkanes of at least 4 members (excludes halogenated alkanes) is 1. The predicted molar refractivity (Wildman–Crippen MR) is 123 cm³/mol. The van der Waals surface area contributed by atoms with Crippen LogP contribution in [-0.2, 0) is 6.54 Å². The molecule has 2 N–H and O–H groups in total. The first-order chi connectivity index (χ1) is 15.0. The molecule has 0 radical (unpaired) electrons. The van der Waals surface area contributed by atoms with Crippen LogP contribution in [0, 0.1) is 0 Å². The Morgan fingerprint density at radius 1 is 1.23 bits per heavy atom. The van der Waals surface area contributed by atoms with Crippen LogP contribution in [0.5, 0.6) is 0 Å². The van der Waals surface area contributed by atoms with Crippen molar-refractivity contribution < 1.29 is 4.79 Å². The lowest BCUT2D eigenvalue weighted by Gasteiger charge is -2.35. The number of hydrogen-bond donors (Lipinski definition) is 2. The van der Waals surface area contributed by atoms with Gasteiger partial charge in [0, 0.05) is 29.1 Å². The smallest absolute Gasteiger partial charge is 0.317 e. The van der Waals surface area contributed by atoms with Crippen molar-refractivity contribution in [2.24, 2.45) is 0 Å². The summed E-state index contributed by atoms with van der Waals surface area (Å²) < 4.78 is 0. The molecule has 4 rings (SSSR count). The van der Waals surface area contributed by atoms with Crippen molar-refractivity contribution in [1.29, 1.82) is 0 Å². The molecule has 1 aromatic carbocycles. The Hall–Kier alpha value is -2.34. The topological polar surface area (TPSA) is 78.1 Å². The number of amides is 2. The molecule has 1 unspecified atom stereocenters. The van der Waals surface area contributed by atoms with E-state index in [9.17, 15) is 9.59 Å². The number of nitrogens with zero attached hydrogens (tertiary/aromatic N) is 2. The van der Waals surface area contributed by atoms with Crippen LogP contribution in [0.1, 0.15) is 75.5 Å². The summed E-state index contributed by atoms with van der Waals surface area (Å²) in [6.07, 6.45) is 8.69. The van der Waals surface area contributed by atoms with Crippen molar-refractivity contribution >= 4 is 17.6 Å². The maximum atomic E-state index is 13.0. The molecule has 0 saturated heterocycles. The summed E-state index contributed by atoms with van der Waals surface area (Å²) in [6, 6.07) is 7.51. The number of aromatic amines is 1. The summed E-state index contributed by atoms with van der Waals surface area (Å²) in [6.45, 7) is 3.06. The maximum Gasteiger partial charge on any atom is 0.317 e. The normalized spacial score (nSPS) is 19.2. The molecule has 0 bridgehead atoms. The van der Waals surface area contributed by atoms with Gasteiger partial charge in [-0.15, -0.1) is 0 Å². The average molecular weight is 443 g/mol. The summed E-state index contributed by atoms with van der Waals surface area (Å²) in [7, 11) is 0. The van der Waals surface area contributed by atoms with Crippen molar-refractivity contribution in [3.8, 4) is 11.4 Å². The number of benzene rings is 1. The number of carbonyl (C=O) groups is 1. The first-order valence-corrected chi connectivity index (χ1v) is 11.9. The van der Waals surface area contributed by atoms with E-state index in [4.69, 9.17) is 16.6 Å². The number of halogens is 1. The highest BCUT2D eigenvalue weighted by Crippen LogP contribution is 2.31. The van der Waals surface area contributed by atoms with E-state index in [0.29, 0.717) is 29.5 Å². The van der Waals surface area contributed by atoms with Crippen LogP contribution in [0.2, 0.25) is 5.02 Å². The Morgan fingerprint density at radius 3 is 2.68 bits per heavy atom. The van der Waals surface area contributed by atoms with Crippen LogP contribution in [0.3, 0.4) is 0 Å². The highest BCUT2D eigenvalue weighted by atomic mass is 35.5. The fourth-order valence-corrected chi connectivity index (χ4v) is 4.83. The molecule has 31 heavy (non-hydrogen) atoms. The SMILES string of the molecule is CCCCC1CN(C(=O)NC2CCCCC2)Cc2c1nc(-c1ccc(Cl)cc1)[nH]c2=O. The number of H-pyrrole nitrogens is 1. The molecule has 2 heterocycles. The van der Waals surface area contributed by atoms with Crippen molar-refractivity contribution in [2.75, 3.05) is 6.54 Å². The molecular weight excluding hydrogens is 412 g/mol. The van der Waals surface area contributed by atoms with Gasteiger partial charge in [-0.1, -0.05) is 50.6 Å². The van der Waals surface area contributed by atoms with Crippen molar-refractivity contribution in [1.82, 2.24) is 20.2 Å². The van der Waals surface area contributed by atoms with Crippen molar-refractivity contribution in [3.05, 3.63) is 50.9 Å². The van der Waals surface area contributed by atoms with Gasteiger partial charge in [0.25, 0.3) is 5.56 Å². The molecule has 2 aliphatic rings. The molecule has 166 valence electrons. The molecule has 2 amide bonds. The van der Waals surface area contributed by atoms with Gasteiger partial charge >= 0.3 is 6.03 Å². The Morgan fingerprint density at radius 2 is 1.97 bits per heavy atom. The van der Waals surface area contributed by atoms with E-state index in [-0.39, 0.29) is 23.6 Å².